The van der Waals surface area contributed by atoms with Gasteiger partial charge in [0.2, 0.25) is 11.8 Å². The second-order valence-electron chi connectivity index (χ2n) is 9.64. The fraction of sp³-hybridized carbons (Fsp3) is 0.214. The largest absolute Gasteiger partial charge is 0.274 e. The SMILES string of the molecule is C[C@@H](C(=O)NNC(=O)c1ccc(Br)cc1)N1C(=O)[C@@H]2[C@H](C1=O)C1(Cl)c3ccccc3C2(Cl)c2ccccc21. The van der Waals surface area contributed by atoms with Gasteiger partial charge >= 0.3 is 0 Å². The first kappa shape index (κ1) is 25.1. The molecule has 7 rings (SSSR count). The number of amides is 4. The minimum Gasteiger partial charge on any atom is -0.274 e. The van der Waals surface area contributed by atoms with Crippen LogP contribution in [0.3, 0.4) is 0 Å². The first-order chi connectivity index (χ1) is 18.1. The molecule has 1 heterocycles. The predicted octanol–water partition coefficient (Wildman–Crippen LogP) is 4.19. The van der Waals surface area contributed by atoms with Crippen molar-refractivity contribution in [3.05, 3.63) is 105 Å². The fourth-order valence-electron chi connectivity index (χ4n) is 6.08. The number of alkyl halides is 2. The van der Waals surface area contributed by atoms with Crippen molar-refractivity contribution in [2.45, 2.75) is 22.7 Å². The summed E-state index contributed by atoms with van der Waals surface area (Å²) < 4.78 is 0.798. The molecule has 0 unspecified atom stereocenters. The van der Waals surface area contributed by atoms with Crippen molar-refractivity contribution in [2.24, 2.45) is 11.8 Å². The molecule has 3 aliphatic carbocycles. The molecule has 1 aliphatic heterocycles. The zero-order valence-corrected chi connectivity index (χ0v) is 23.0. The molecule has 2 N–H and O–H groups in total. The van der Waals surface area contributed by atoms with Crippen LogP contribution in [0.15, 0.2) is 77.3 Å². The Morgan fingerprint density at radius 1 is 0.789 bits per heavy atom. The van der Waals surface area contributed by atoms with Gasteiger partial charge in [0.1, 0.15) is 15.8 Å². The molecule has 3 atom stereocenters. The van der Waals surface area contributed by atoms with Gasteiger partial charge in [-0.25, -0.2) is 0 Å². The maximum absolute atomic E-state index is 13.9. The van der Waals surface area contributed by atoms with Gasteiger partial charge in [-0.2, -0.15) is 0 Å². The van der Waals surface area contributed by atoms with E-state index < -0.39 is 51.3 Å². The van der Waals surface area contributed by atoms with Gasteiger partial charge in [-0.3, -0.25) is 34.9 Å². The van der Waals surface area contributed by atoms with Crippen LogP contribution in [0.25, 0.3) is 0 Å². The summed E-state index contributed by atoms with van der Waals surface area (Å²) in [6.45, 7) is 1.43. The zero-order valence-electron chi connectivity index (χ0n) is 19.9. The average molecular weight is 613 g/mol. The molecule has 0 spiro atoms. The smallest absolute Gasteiger partial charge is 0.269 e. The number of imide groups is 1. The highest BCUT2D eigenvalue weighted by molar-refractivity contribution is 9.10. The van der Waals surface area contributed by atoms with E-state index in [1.165, 1.54) is 6.92 Å². The van der Waals surface area contributed by atoms with Crippen LogP contribution in [-0.2, 0) is 24.1 Å². The predicted molar refractivity (Wildman–Crippen MR) is 144 cm³/mol. The van der Waals surface area contributed by atoms with Gasteiger partial charge in [-0.05, 0) is 53.4 Å². The van der Waals surface area contributed by atoms with E-state index in [0.717, 1.165) is 9.37 Å². The van der Waals surface area contributed by atoms with E-state index in [9.17, 15) is 19.2 Å². The number of likely N-dealkylation sites (tertiary alicyclic amines) is 1. The quantitative estimate of drug-likeness (QED) is 0.263. The third-order valence-electron chi connectivity index (χ3n) is 7.79. The lowest BCUT2D eigenvalue weighted by atomic mass is 9.54. The van der Waals surface area contributed by atoms with Crippen molar-refractivity contribution < 1.29 is 19.2 Å². The number of halogens is 3. The standard InChI is InChI=1S/C28H20BrCl2N3O4/c1-14(23(35)32-33-24(36)15-10-12-16(29)13-11-15)34-25(37)21-22(26(34)38)28(31)18-7-3-2-6-17(18)27(21,30)19-8-4-5-9-20(19)28/h2-14,21-22H,1H3,(H,32,35)(H,33,36)/t14-,21-,22+,27?,28?/m0/s1. The maximum atomic E-state index is 13.9. The molecule has 4 amide bonds. The van der Waals surface area contributed by atoms with Crippen molar-refractivity contribution in [3.8, 4) is 0 Å². The molecule has 192 valence electrons. The molecule has 7 nitrogen and oxygen atoms in total. The summed E-state index contributed by atoms with van der Waals surface area (Å²) in [7, 11) is 0. The fourth-order valence-corrected chi connectivity index (χ4v) is 7.45. The molecule has 2 bridgehead atoms. The Hall–Kier alpha value is -3.20. The van der Waals surface area contributed by atoms with Gasteiger partial charge in [-0.1, -0.05) is 64.5 Å². The van der Waals surface area contributed by atoms with E-state index in [1.807, 2.05) is 48.5 Å². The second kappa shape index (κ2) is 8.66. The molecular formula is C28H20BrCl2N3O4. The topological polar surface area (TPSA) is 95.6 Å². The van der Waals surface area contributed by atoms with Crippen LogP contribution in [0.1, 0.15) is 39.5 Å². The molecule has 1 fully saturated rings. The number of nitrogens with one attached hydrogen (secondary N) is 2. The highest BCUT2D eigenvalue weighted by atomic mass is 79.9. The third-order valence-corrected chi connectivity index (χ3v) is 9.61. The third kappa shape index (κ3) is 3.20. The van der Waals surface area contributed by atoms with Gasteiger partial charge < -0.3 is 0 Å². The maximum Gasteiger partial charge on any atom is 0.269 e. The number of hydrazine groups is 1. The van der Waals surface area contributed by atoms with Crippen LogP contribution in [0.4, 0.5) is 0 Å². The Labute approximate surface area is 236 Å². The van der Waals surface area contributed by atoms with Gasteiger partial charge in [0.25, 0.3) is 11.8 Å². The van der Waals surface area contributed by atoms with Crippen LogP contribution >= 0.6 is 39.1 Å². The number of rotatable bonds is 3. The lowest BCUT2D eigenvalue weighted by Crippen LogP contribution is -2.57. The Bertz CT molecular complexity index is 1420. The summed E-state index contributed by atoms with van der Waals surface area (Å²) in [6.07, 6.45) is 0. The van der Waals surface area contributed by atoms with Gasteiger partial charge in [0, 0.05) is 10.0 Å². The number of hydrogen-bond donors (Lipinski definition) is 2. The molecule has 38 heavy (non-hydrogen) atoms. The number of benzene rings is 3. The molecule has 3 aromatic rings. The Balaban J connectivity index is 1.33. The Morgan fingerprint density at radius 2 is 1.21 bits per heavy atom. The van der Waals surface area contributed by atoms with E-state index in [4.69, 9.17) is 23.2 Å². The van der Waals surface area contributed by atoms with Gasteiger partial charge in [-0.15, -0.1) is 23.2 Å². The van der Waals surface area contributed by atoms with Gasteiger partial charge in [0.05, 0.1) is 11.8 Å². The van der Waals surface area contributed by atoms with Crippen LogP contribution in [-0.4, -0.2) is 34.6 Å². The minimum absolute atomic E-state index is 0.320. The molecule has 0 aromatic heterocycles. The summed E-state index contributed by atoms with van der Waals surface area (Å²) in [6, 6.07) is 20.0. The van der Waals surface area contributed by atoms with E-state index in [-0.39, 0.29) is 0 Å². The Kier molecular flexibility index (Phi) is 5.72. The summed E-state index contributed by atoms with van der Waals surface area (Å²) in [5.41, 5.74) is 7.69. The van der Waals surface area contributed by atoms with Crippen LogP contribution in [0, 0.1) is 11.8 Å². The van der Waals surface area contributed by atoms with Crippen molar-refractivity contribution in [3.63, 3.8) is 0 Å². The lowest BCUT2D eigenvalue weighted by molar-refractivity contribution is -0.147. The number of carbonyl (C=O) groups is 4. The van der Waals surface area contributed by atoms with Crippen LogP contribution < -0.4 is 10.9 Å². The van der Waals surface area contributed by atoms with E-state index in [0.29, 0.717) is 27.8 Å². The monoisotopic (exact) mass is 611 g/mol. The minimum atomic E-state index is -1.33. The highest BCUT2D eigenvalue weighted by Crippen LogP contribution is 2.69. The second-order valence-corrected chi connectivity index (χ2v) is 11.8. The van der Waals surface area contributed by atoms with Crippen molar-refractivity contribution in [1.29, 1.82) is 0 Å². The van der Waals surface area contributed by atoms with Crippen molar-refractivity contribution >= 4 is 62.8 Å². The summed E-state index contributed by atoms with van der Waals surface area (Å²) in [4.78, 5) is 51.6. The number of hydrogen-bond acceptors (Lipinski definition) is 4. The molecule has 3 aromatic carbocycles. The summed E-state index contributed by atoms with van der Waals surface area (Å²) >= 11 is 18.1. The van der Waals surface area contributed by atoms with Crippen LogP contribution in [0.2, 0.25) is 0 Å². The Morgan fingerprint density at radius 3 is 1.63 bits per heavy atom. The molecule has 0 saturated carbocycles. The molecular weight excluding hydrogens is 593 g/mol. The number of carbonyl (C=O) groups excluding carboxylic acids is 4. The van der Waals surface area contributed by atoms with E-state index in [2.05, 4.69) is 26.8 Å². The van der Waals surface area contributed by atoms with E-state index >= 15 is 0 Å². The van der Waals surface area contributed by atoms with E-state index in [1.54, 1.807) is 24.3 Å². The molecule has 10 heteroatoms. The summed E-state index contributed by atoms with van der Waals surface area (Å²) in [5.74, 6) is -4.45. The summed E-state index contributed by atoms with van der Waals surface area (Å²) in [5, 5.41) is 0. The zero-order chi connectivity index (χ0) is 27.0. The highest BCUT2D eigenvalue weighted by Gasteiger charge is 2.73. The van der Waals surface area contributed by atoms with Crippen LogP contribution in [0.5, 0.6) is 0 Å². The normalized spacial score (nSPS) is 27.3. The van der Waals surface area contributed by atoms with Crippen molar-refractivity contribution in [1.82, 2.24) is 15.8 Å². The first-order valence-corrected chi connectivity index (χ1v) is 13.5. The van der Waals surface area contributed by atoms with Crippen molar-refractivity contribution in [2.75, 3.05) is 0 Å². The molecule has 0 radical (unpaired) electrons. The van der Waals surface area contributed by atoms with Gasteiger partial charge in [0.15, 0.2) is 0 Å². The molecule has 4 aliphatic rings. The lowest BCUT2D eigenvalue weighted by Gasteiger charge is -2.54. The molecule has 1 saturated heterocycles. The average Bonchev–Trinajstić information content (AvgIpc) is 3.21. The first-order valence-electron chi connectivity index (χ1n) is 11.9. The number of nitrogens with zero attached hydrogens (tertiary/aromatic N) is 1.